The maximum atomic E-state index is 12.0. The Morgan fingerprint density at radius 1 is 1.26 bits per heavy atom. The van der Waals surface area contributed by atoms with Crippen LogP contribution in [-0.4, -0.2) is 97.6 Å². The van der Waals surface area contributed by atoms with Crippen LogP contribution in [0.4, 0.5) is 0 Å². The fourth-order valence-corrected chi connectivity index (χ4v) is 4.47. The van der Waals surface area contributed by atoms with Crippen molar-refractivity contribution >= 4 is 11.9 Å². The summed E-state index contributed by atoms with van der Waals surface area (Å²) in [5, 5.41) is 7.15. The van der Waals surface area contributed by atoms with Crippen molar-refractivity contribution in [1.82, 2.24) is 25.3 Å². The summed E-state index contributed by atoms with van der Waals surface area (Å²) in [5.41, 5.74) is 0. The fraction of sp³-hybridized carbons (Fsp3) is 0.900. The lowest BCUT2D eigenvalue weighted by Gasteiger charge is -2.25. The molecule has 0 aromatic rings. The normalized spacial score (nSPS) is 29.9. The molecule has 3 aliphatic rings. The summed E-state index contributed by atoms with van der Waals surface area (Å²) < 4.78 is 0. The van der Waals surface area contributed by atoms with Crippen LogP contribution in [0.3, 0.4) is 0 Å². The molecule has 0 aromatic heterocycles. The van der Waals surface area contributed by atoms with Crippen molar-refractivity contribution in [3.63, 3.8) is 0 Å². The van der Waals surface area contributed by atoms with Gasteiger partial charge in [0.05, 0.1) is 0 Å². The van der Waals surface area contributed by atoms with Crippen molar-refractivity contribution in [1.29, 1.82) is 0 Å². The minimum atomic E-state index is 0.0338. The number of carbonyl (C=O) groups is 1. The van der Waals surface area contributed by atoms with Crippen LogP contribution in [-0.2, 0) is 4.79 Å². The highest BCUT2D eigenvalue weighted by molar-refractivity contribution is 5.85. The first-order valence-corrected chi connectivity index (χ1v) is 10.7. The summed E-state index contributed by atoms with van der Waals surface area (Å²) in [5.74, 6) is 0.828. The second kappa shape index (κ2) is 9.24. The Hall–Kier alpha value is -1.34. The molecule has 2 heterocycles. The van der Waals surface area contributed by atoms with Crippen LogP contribution >= 0.6 is 0 Å². The van der Waals surface area contributed by atoms with Gasteiger partial charge in [-0.2, -0.15) is 0 Å². The van der Waals surface area contributed by atoms with Gasteiger partial charge < -0.3 is 15.5 Å². The van der Waals surface area contributed by atoms with Crippen molar-refractivity contribution in [2.24, 2.45) is 4.99 Å². The third kappa shape index (κ3) is 5.57. The third-order valence-corrected chi connectivity index (χ3v) is 6.26. The highest BCUT2D eigenvalue weighted by atomic mass is 16.2. The average Bonchev–Trinajstić information content (AvgIpc) is 3.27. The van der Waals surface area contributed by atoms with Gasteiger partial charge in [0.15, 0.2) is 5.96 Å². The molecule has 0 bridgehead atoms. The number of guanidine groups is 1. The van der Waals surface area contributed by atoms with Crippen LogP contribution in [0.1, 0.15) is 46.0 Å². The molecule has 154 valence electrons. The lowest BCUT2D eigenvalue weighted by atomic mass is 10.2. The van der Waals surface area contributed by atoms with Gasteiger partial charge in [-0.25, -0.2) is 4.99 Å². The average molecular weight is 379 g/mol. The Morgan fingerprint density at radius 3 is 2.70 bits per heavy atom. The van der Waals surface area contributed by atoms with E-state index in [1.807, 2.05) is 0 Å². The number of hydrogen-bond acceptors (Lipinski definition) is 4. The molecule has 7 nitrogen and oxygen atoms in total. The molecule has 3 fully saturated rings. The SMILES string of the molecule is CCN1CCCC1CNC(=NCC(=O)N(C)C)NC1CC(C)N(C2CC2)C1. The van der Waals surface area contributed by atoms with Gasteiger partial charge >= 0.3 is 0 Å². The maximum Gasteiger partial charge on any atom is 0.243 e. The van der Waals surface area contributed by atoms with E-state index in [0.717, 1.165) is 38.1 Å². The van der Waals surface area contributed by atoms with Crippen molar-refractivity contribution in [2.75, 3.05) is 46.8 Å². The molecule has 3 atom stereocenters. The van der Waals surface area contributed by atoms with Gasteiger partial charge in [0, 0.05) is 51.4 Å². The van der Waals surface area contributed by atoms with Crippen molar-refractivity contribution in [3.05, 3.63) is 0 Å². The predicted octanol–water partition coefficient (Wildman–Crippen LogP) is 0.719. The molecule has 1 aliphatic carbocycles. The van der Waals surface area contributed by atoms with E-state index >= 15 is 0 Å². The van der Waals surface area contributed by atoms with Gasteiger partial charge in [-0.3, -0.25) is 14.6 Å². The van der Waals surface area contributed by atoms with Crippen molar-refractivity contribution < 1.29 is 4.79 Å². The van der Waals surface area contributed by atoms with E-state index in [2.05, 4.69) is 39.3 Å². The molecule has 27 heavy (non-hydrogen) atoms. The summed E-state index contributed by atoms with van der Waals surface area (Å²) in [7, 11) is 3.56. The summed E-state index contributed by atoms with van der Waals surface area (Å²) in [6, 6.07) is 2.40. The first-order valence-electron chi connectivity index (χ1n) is 10.7. The fourth-order valence-electron chi connectivity index (χ4n) is 4.47. The largest absolute Gasteiger partial charge is 0.355 e. The second-order valence-corrected chi connectivity index (χ2v) is 8.61. The molecule has 3 unspecified atom stereocenters. The van der Waals surface area contributed by atoms with Gasteiger partial charge in [-0.1, -0.05) is 6.92 Å². The minimum absolute atomic E-state index is 0.0338. The number of nitrogens with zero attached hydrogens (tertiary/aromatic N) is 4. The predicted molar refractivity (Wildman–Crippen MR) is 110 cm³/mol. The van der Waals surface area contributed by atoms with E-state index in [1.165, 1.54) is 32.2 Å². The Morgan fingerprint density at radius 2 is 2.04 bits per heavy atom. The number of nitrogens with one attached hydrogen (secondary N) is 2. The van der Waals surface area contributed by atoms with Gasteiger partial charge in [0.25, 0.3) is 0 Å². The minimum Gasteiger partial charge on any atom is -0.355 e. The Balaban J connectivity index is 1.57. The molecular weight excluding hydrogens is 340 g/mol. The first-order chi connectivity index (χ1) is 13.0. The second-order valence-electron chi connectivity index (χ2n) is 8.61. The molecular formula is C20H38N6O. The van der Waals surface area contributed by atoms with Gasteiger partial charge in [-0.15, -0.1) is 0 Å². The molecule has 0 aromatic carbocycles. The Kier molecular flexibility index (Phi) is 6.98. The molecule has 7 heteroatoms. The molecule has 0 radical (unpaired) electrons. The van der Waals surface area contributed by atoms with Crippen LogP contribution < -0.4 is 10.6 Å². The monoisotopic (exact) mass is 378 g/mol. The lowest BCUT2D eigenvalue weighted by Crippen LogP contribution is -2.49. The van der Waals surface area contributed by atoms with Crippen LogP contribution in [0.25, 0.3) is 0 Å². The lowest BCUT2D eigenvalue weighted by molar-refractivity contribution is -0.127. The van der Waals surface area contributed by atoms with Crippen LogP contribution in [0.2, 0.25) is 0 Å². The number of rotatable bonds is 7. The molecule has 2 N–H and O–H groups in total. The third-order valence-electron chi connectivity index (χ3n) is 6.26. The number of aliphatic imine (C=N–C) groups is 1. The van der Waals surface area contributed by atoms with E-state index in [0.29, 0.717) is 18.1 Å². The molecule has 2 saturated heterocycles. The highest BCUT2D eigenvalue weighted by Gasteiger charge is 2.39. The van der Waals surface area contributed by atoms with Crippen LogP contribution in [0.5, 0.6) is 0 Å². The van der Waals surface area contributed by atoms with E-state index in [-0.39, 0.29) is 12.5 Å². The van der Waals surface area contributed by atoms with Crippen molar-refractivity contribution in [2.45, 2.75) is 70.1 Å². The zero-order valence-corrected chi connectivity index (χ0v) is 17.6. The van der Waals surface area contributed by atoms with Crippen LogP contribution in [0.15, 0.2) is 4.99 Å². The zero-order chi connectivity index (χ0) is 19.4. The summed E-state index contributed by atoms with van der Waals surface area (Å²) in [6.45, 7) is 9.02. The Bertz CT molecular complexity index is 533. The number of carbonyl (C=O) groups excluding carboxylic acids is 1. The van der Waals surface area contributed by atoms with E-state index in [9.17, 15) is 4.79 Å². The first kappa shape index (κ1) is 20.4. The van der Waals surface area contributed by atoms with E-state index < -0.39 is 0 Å². The summed E-state index contributed by atoms with van der Waals surface area (Å²) in [4.78, 5) is 23.4. The van der Waals surface area contributed by atoms with Crippen LogP contribution in [0, 0.1) is 0 Å². The number of hydrogen-bond donors (Lipinski definition) is 2. The smallest absolute Gasteiger partial charge is 0.243 e. The number of amides is 1. The molecule has 1 amide bonds. The maximum absolute atomic E-state index is 12.0. The molecule has 0 spiro atoms. The zero-order valence-electron chi connectivity index (χ0n) is 17.6. The molecule has 1 saturated carbocycles. The summed E-state index contributed by atoms with van der Waals surface area (Å²) in [6.07, 6.45) is 6.35. The number of likely N-dealkylation sites (tertiary alicyclic amines) is 2. The van der Waals surface area contributed by atoms with Gasteiger partial charge in [0.2, 0.25) is 5.91 Å². The van der Waals surface area contributed by atoms with Gasteiger partial charge in [-0.05, 0) is 52.1 Å². The molecule has 3 rings (SSSR count). The highest BCUT2D eigenvalue weighted by Crippen LogP contribution is 2.33. The van der Waals surface area contributed by atoms with E-state index in [4.69, 9.17) is 0 Å². The van der Waals surface area contributed by atoms with Gasteiger partial charge in [0.1, 0.15) is 6.54 Å². The number of likely N-dealkylation sites (N-methyl/N-ethyl adjacent to an activating group) is 2. The summed E-state index contributed by atoms with van der Waals surface area (Å²) >= 11 is 0. The van der Waals surface area contributed by atoms with Crippen molar-refractivity contribution in [3.8, 4) is 0 Å². The van der Waals surface area contributed by atoms with E-state index in [1.54, 1.807) is 19.0 Å². The Labute approximate surface area is 164 Å². The topological polar surface area (TPSA) is 63.2 Å². The standard InChI is InChI=1S/C20H38N6O/c1-5-25-10-6-7-18(25)12-21-20(22-13-19(27)24(3)4)23-16-11-15(2)26(14-16)17-8-9-17/h15-18H,5-14H2,1-4H3,(H2,21,22,23). The quantitative estimate of drug-likeness (QED) is 0.505. The molecule has 2 aliphatic heterocycles.